The van der Waals surface area contributed by atoms with Gasteiger partial charge in [0.05, 0.1) is 5.69 Å². The van der Waals surface area contributed by atoms with E-state index in [2.05, 4.69) is 4.98 Å². The van der Waals surface area contributed by atoms with Gasteiger partial charge in [-0.05, 0) is 24.3 Å². The van der Waals surface area contributed by atoms with Crippen molar-refractivity contribution < 1.29 is 9.18 Å². The molecule has 0 saturated carbocycles. The topological polar surface area (TPSA) is 33.2 Å². The molecule has 0 aliphatic carbocycles. The lowest BCUT2D eigenvalue weighted by Gasteiger charge is -2.10. The molecule has 0 aliphatic rings. The summed E-state index contributed by atoms with van der Waals surface area (Å²) in [6.45, 7) is 0. The average molecular weight is 285 g/mol. The van der Waals surface area contributed by atoms with E-state index in [1.54, 1.807) is 19.2 Å². The molecule has 94 valence electrons. The Kier molecular flexibility index (Phi) is 3.93. The molecule has 0 radical (unpaired) electrons. The first-order valence-corrected chi connectivity index (χ1v) is 6.57. The Labute approximate surface area is 113 Å². The van der Waals surface area contributed by atoms with Gasteiger partial charge in [-0.3, -0.25) is 9.69 Å². The molecule has 1 amide bonds. The number of rotatable bonds is 3. The summed E-state index contributed by atoms with van der Waals surface area (Å²) < 4.78 is 12.8. The fourth-order valence-corrected chi connectivity index (χ4v) is 2.36. The first kappa shape index (κ1) is 13.0. The van der Waals surface area contributed by atoms with E-state index in [4.69, 9.17) is 11.6 Å². The van der Waals surface area contributed by atoms with E-state index in [-0.39, 0.29) is 17.6 Å². The number of carbonyl (C=O) groups excluding carboxylic acids is 1. The number of aromatic nitrogens is 1. The van der Waals surface area contributed by atoms with Gasteiger partial charge in [-0.25, -0.2) is 9.37 Å². The molecule has 2 rings (SSSR count). The molecular weight excluding hydrogens is 275 g/mol. The molecule has 1 aromatic heterocycles. The smallest absolute Gasteiger partial charge is 0.243 e. The maximum atomic E-state index is 12.8. The maximum Gasteiger partial charge on any atom is 0.243 e. The zero-order valence-electron chi connectivity index (χ0n) is 9.56. The number of anilines is 1. The normalized spacial score (nSPS) is 10.4. The van der Waals surface area contributed by atoms with E-state index in [0.717, 1.165) is 5.56 Å². The van der Waals surface area contributed by atoms with Gasteiger partial charge in [0.1, 0.15) is 11.7 Å². The van der Waals surface area contributed by atoms with Gasteiger partial charge < -0.3 is 0 Å². The third kappa shape index (κ3) is 2.68. The van der Waals surface area contributed by atoms with Crippen LogP contribution in [0.3, 0.4) is 0 Å². The minimum atomic E-state index is -0.288. The quantitative estimate of drug-likeness (QED) is 0.811. The summed E-state index contributed by atoms with van der Waals surface area (Å²) in [5, 5.41) is 2.39. The standard InChI is InChI=1S/C12H10ClFN2OS/c1-16(11(17)6-13)12-15-10(7-18-12)8-2-4-9(14)5-3-8/h2-5,7H,6H2,1H3. The highest BCUT2D eigenvalue weighted by Crippen LogP contribution is 2.27. The van der Waals surface area contributed by atoms with Crippen molar-refractivity contribution in [3.63, 3.8) is 0 Å². The summed E-state index contributed by atoms with van der Waals surface area (Å²) in [7, 11) is 1.62. The van der Waals surface area contributed by atoms with Gasteiger partial charge in [-0.2, -0.15) is 0 Å². The third-order valence-electron chi connectivity index (χ3n) is 2.41. The fourth-order valence-electron chi connectivity index (χ4n) is 1.37. The Balaban J connectivity index is 2.25. The minimum Gasteiger partial charge on any atom is -0.290 e. The van der Waals surface area contributed by atoms with Crippen molar-refractivity contribution in [1.29, 1.82) is 0 Å². The number of carbonyl (C=O) groups is 1. The van der Waals surface area contributed by atoms with Gasteiger partial charge in [0.2, 0.25) is 5.91 Å². The van der Waals surface area contributed by atoms with Crippen LogP contribution in [0.5, 0.6) is 0 Å². The molecule has 3 nitrogen and oxygen atoms in total. The van der Waals surface area contributed by atoms with Gasteiger partial charge in [-0.1, -0.05) is 0 Å². The summed E-state index contributed by atoms with van der Waals surface area (Å²) in [4.78, 5) is 17.1. The van der Waals surface area contributed by atoms with Crippen LogP contribution >= 0.6 is 22.9 Å². The SMILES string of the molecule is CN(C(=O)CCl)c1nc(-c2ccc(F)cc2)cs1. The second-order valence-corrected chi connectivity index (χ2v) is 4.71. The molecule has 0 fully saturated rings. The molecule has 0 aliphatic heterocycles. The Bertz CT molecular complexity index is 555. The number of nitrogens with zero attached hydrogens (tertiary/aromatic N) is 2. The molecule has 0 spiro atoms. The molecule has 0 unspecified atom stereocenters. The second-order valence-electron chi connectivity index (χ2n) is 3.61. The summed E-state index contributed by atoms with van der Waals surface area (Å²) in [6, 6.07) is 6.05. The lowest BCUT2D eigenvalue weighted by molar-refractivity contribution is -0.116. The van der Waals surface area contributed by atoms with Crippen molar-refractivity contribution in [2.24, 2.45) is 0 Å². The maximum absolute atomic E-state index is 12.8. The van der Waals surface area contributed by atoms with Crippen LogP contribution in [0.15, 0.2) is 29.6 Å². The molecule has 0 bridgehead atoms. The molecular formula is C12H10ClFN2OS. The Morgan fingerprint density at radius 1 is 1.44 bits per heavy atom. The highest BCUT2D eigenvalue weighted by atomic mass is 35.5. The number of halogens is 2. The van der Waals surface area contributed by atoms with Gasteiger partial charge in [0, 0.05) is 18.0 Å². The fraction of sp³-hybridized carbons (Fsp3) is 0.167. The van der Waals surface area contributed by atoms with E-state index in [9.17, 15) is 9.18 Å². The van der Waals surface area contributed by atoms with Crippen molar-refractivity contribution >= 4 is 34.0 Å². The van der Waals surface area contributed by atoms with Crippen molar-refractivity contribution in [1.82, 2.24) is 4.98 Å². The summed E-state index contributed by atoms with van der Waals surface area (Å²) in [6.07, 6.45) is 0. The van der Waals surface area contributed by atoms with Crippen LogP contribution in [-0.4, -0.2) is 23.8 Å². The first-order valence-electron chi connectivity index (χ1n) is 5.16. The van der Waals surface area contributed by atoms with Crippen LogP contribution < -0.4 is 4.90 Å². The second kappa shape index (κ2) is 5.46. The Morgan fingerprint density at radius 3 is 2.72 bits per heavy atom. The predicted octanol–water partition coefficient (Wildman–Crippen LogP) is 3.15. The zero-order chi connectivity index (χ0) is 13.1. The van der Waals surface area contributed by atoms with Crippen LogP contribution in [0, 0.1) is 5.82 Å². The van der Waals surface area contributed by atoms with E-state index in [0.29, 0.717) is 10.8 Å². The van der Waals surface area contributed by atoms with E-state index in [1.807, 2.05) is 5.38 Å². The number of benzene rings is 1. The van der Waals surface area contributed by atoms with Crippen LogP contribution in [-0.2, 0) is 4.79 Å². The lowest BCUT2D eigenvalue weighted by atomic mass is 10.2. The van der Waals surface area contributed by atoms with Gasteiger partial charge in [0.25, 0.3) is 0 Å². The Morgan fingerprint density at radius 2 is 2.11 bits per heavy atom. The molecule has 1 heterocycles. The van der Waals surface area contributed by atoms with Crippen molar-refractivity contribution in [2.45, 2.75) is 0 Å². The van der Waals surface area contributed by atoms with E-state index < -0.39 is 0 Å². The van der Waals surface area contributed by atoms with Crippen molar-refractivity contribution in [3.8, 4) is 11.3 Å². The van der Waals surface area contributed by atoms with Crippen LogP contribution in [0.25, 0.3) is 11.3 Å². The van der Waals surface area contributed by atoms with Crippen LogP contribution in [0.1, 0.15) is 0 Å². The molecule has 1 aromatic carbocycles. The zero-order valence-corrected chi connectivity index (χ0v) is 11.1. The highest BCUT2D eigenvalue weighted by molar-refractivity contribution is 7.14. The van der Waals surface area contributed by atoms with Gasteiger partial charge >= 0.3 is 0 Å². The largest absolute Gasteiger partial charge is 0.290 e. The summed E-state index contributed by atoms with van der Waals surface area (Å²) in [5.74, 6) is -0.581. The number of thiazole rings is 1. The molecule has 0 atom stereocenters. The van der Waals surface area contributed by atoms with Crippen LogP contribution in [0.2, 0.25) is 0 Å². The summed E-state index contributed by atoms with van der Waals surface area (Å²) >= 11 is 6.82. The molecule has 6 heteroatoms. The van der Waals surface area contributed by atoms with Gasteiger partial charge in [0.15, 0.2) is 5.13 Å². The number of alkyl halides is 1. The third-order valence-corrected chi connectivity index (χ3v) is 3.55. The summed E-state index contributed by atoms with van der Waals surface area (Å²) in [5.41, 5.74) is 1.52. The lowest BCUT2D eigenvalue weighted by Crippen LogP contribution is -2.26. The molecule has 0 saturated heterocycles. The number of hydrogen-bond donors (Lipinski definition) is 0. The first-order chi connectivity index (χ1) is 8.61. The molecule has 0 N–H and O–H groups in total. The Hall–Kier alpha value is -1.46. The molecule has 18 heavy (non-hydrogen) atoms. The van der Waals surface area contributed by atoms with Crippen LogP contribution in [0.4, 0.5) is 9.52 Å². The monoisotopic (exact) mass is 284 g/mol. The average Bonchev–Trinajstić information content (AvgIpc) is 2.87. The minimum absolute atomic E-state index is 0.0814. The molecule has 2 aromatic rings. The van der Waals surface area contributed by atoms with Crippen molar-refractivity contribution in [3.05, 3.63) is 35.5 Å². The highest BCUT2D eigenvalue weighted by Gasteiger charge is 2.13. The van der Waals surface area contributed by atoms with E-state index >= 15 is 0 Å². The van der Waals surface area contributed by atoms with Gasteiger partial charge in [-0.15, -0.1) is 22.9 Å². The number of amides is 1. The van der Waals surface area contributed by atoms with Crippen molar-refractivity contribution in [2.75, 3.05) is 17.8 Å². The predicted molar refractivity (Wildman–Crippen MR) is 71.6 cm³/mol. The number of hydrogen-bond acceptors (Lipinski definition) is 3. The van der Waals surface area contributed by atoms with E-state index in [1.165, 1.54) is 28.4 Å².